The minimum atomic E-state index is -3.63. The molecule has 0 aliphatic rings. The van der Waals surface area contributed by atoms with Crippen molar-refractivity contribution >= 4 is 40.0 Å². The molecule has 32 heavy (non-hydrogen) atoms. The smallest absolute Gasteiger partial charge is 0.408 e. The molecular formula is C25H25FNO3PS. The summed E-state index contributed by atoms with van der Waals surface area (Å²) in [4.78, 5) is 4.42. The van der Waals surface area contributed by atoms with Gasteiger partial charge in [0.25, 0.3) is 0 Å². The average Bonchev–Trinajstić information content (AvgIpc) is 2.77. The minimum Gasteiger partial charge on any atom is -0.408 e. The normalized spacial score (nSPS) is 13.2. The molecule has 4 nitrogen and oxygen atoms in total. The lowest BCUT2D eigenvalue weighted by molar-refractivity contribution is 0.407. The highest BCUT2D eigenvalue weighted by Gasteiger charge is 2.30. The van der Waals surface area contributed by atoms with Gasteiger partial charge in [0, 0.05) is 22.6 Å². The quantitative estimate of drug-likeness (QED) is 0.183. The summed E-state index contributed by atoms with van der Waals surface area (Å²) in [5.74, 6) is 0.703. The summed E-state index contributed by atoms with van der Waals surface area (Å²) < 4.78 is 40.2. The van der Waals surface area contributed by atoms with Crippen LogP contribution >= 0.6 is 18.2 Å². The number of rotatable bonds is 9. The number of fused-ring (bicyclic) bond motifs is 2. The van der Waals surface area contributed by atoms with Crippen molar-refractivity contribution in [2.24, 2.45) is 0 Å². The maximum atomic E-state index is 14.9. The first-order chi connectivity index (χ1) is 15.5. The lowest BCUT2D eigenvalue weighted by atomic mass is 10.1. The Morgan fingerprint density at radius 1 is 0.906 bits per heavy atom. The van der Waals surface area contributed by atoms with E-state index in [1.165, 1.54) is 6.07 Å². The van der Waals surface area contributed by atoms with Crippen LogP contribution in [-0.2, 0) is 11.0 Å². The van der Waals surface area contributed by atoms with Crippen molar-refractivity contribution < 1.29 is 18.0 Å². The predicted octanol–water partition coefficient (Wildman–Crippen LogP) is 8.19. The molecule has 1 aromatic heterocycles. The Bertz CT molecular complexity index is 1300. The van der Waals surface area contributed by atoms with Gasteiger partial charge in [-0.25, -0.2) is 13.9 Å². The zero-order valence-corrected chi connectivity index (χ0v) is 19.8. The first-order valence-corrected chi connectivity index (χ1v) is 13.8. The van der Waals surface area contributed by atoms with Gasteiger partial charge in [-0.1, -0.05) is 50.6 Å². The molecule has 166 valence electrons. The molecule has 4 aromatic rings. The third-order valence-electron chi connectivity index (χ3n) is 4.87. The van der Waals surface area contributed by atoms with Gasteiger partial charge < -0.3 is 9.05 Å². The number of hydrogen-bond acceptors (Lipinski definition) is 5. The molecule has 1 atom stereocenters. The van der Waals surface area contributed by atoms with E-state index in [-0.39, 0.29) is 11.3 Å². The summed E-state index contributed by atoms with van der Waals surface area (Å²) in [5, 5.41) is 1.47. The highest BCUT2D eigenvalue weighted by Crippen LogP contribution is 2.60. The summed E-state index contributed by atoms with van der Waals surface area (Å²) in [6.45, 7) is 0.459. The fourth-order valence-electron chi connectivity index (χ4n) is 3.45. The number of pyridine rings is 1. The van der Waals surface area contributed by atoms with Gasteiger partial charge in [0.15, 0.2) is 5.82 Å². The summed E-state index contributed by atoms with van der Waals surface area (Å²) in [6, 6.07) is 19.8. The van der Waals surface area contributed by atoms with Crippen molar-refractivity contribution in [1.29, 1.82) is 0 Å². The van der Waals surface area contributed by atoms with Crippen molar-refractivity contribution in [3.63, 3.8) is 0 Å². The molecule has 0 N–H and O–H groups in total. The van der Waals surface area contributed by atoms with Crippen LogP contribution in [0.5, 0.6) is 11.5 Å². The SMILES string of the molecule is CCCSP(=O)(Oc1cccc(CCC)c1)Oc1cc(F)c2nc3ccccc3cc2c1. The van der Waals surface area contributed by atoms with Crippen LogP contribution in [0.2, 0.25) is 0 Å². The first-order valence-electron chi connectivity index (χ1n) is 10.7. The second kappa shape index (κ2) is 9.93. The molecule has 0 amide bonds. The zero-order chi connectivity index (χ0) is 22.6. The monoisotopic (exact) mass is 469 g/mol. The number of para-hydroxylation sites is 1. The Morgan fingerprint density at radius 3 is 2.53 bits per heavy atom. The van der Waals surface area contributed by atoms with Crippen molar-refractivity contribution in [3.05, 3.63) is 78.1 Å². The Morgan fingerprint density at radius 2 is 1.72 bits per heavy atom. The standard InChI is InChI=1S/C25H25FNO3PS/c1-3-8-18-9-7-11-21(14-18)29-31(28,32-13-4-2)30-22-16-20-15-19-10-5-6-12-24(19)27-25(20)23(26)17-22/h5-7,9-12,14-17H,3-4,8,13H2,1-2H3. The number of aromatic nitrogens is 1. The lowest BCUT2D eigenvalue weighted by Gasteiger charge is -2.19. The Labute approximate surface area is 191 Å². The van der Waals surface area contributed by atoms with Crippen molar-refractivity contribution in [3.8, 4) is 11.5 Å². The van der Waals surface area contributed by atoms with Gasteiger partial charge in [0.2, 0.25) is 0 Å². The highest BCUT2D eigenvalue weighted by molar-refractivity contribution is 8.55. The van der Waals surface area contributed by atoms with E-state index < -0.39 is 12.6 Å². The molecule has 7 heteroatoms. The molecule has 1 heterocycles. The highest BCUT2D eigenvalue weighted by atomic mass is 32.7. The molecule has 0 fully saturated rings. The van der Waals surface area contributed by atoms with Gasteiger partial charge in [-0.05, 0) is 60.1 Å². The van der Waals surface area contributed by atoms with E-state index in [1.54, 1.807) is 12.1 Å². The topological polar surface area (TPSA) is 48.4 Å². The maximum absolute atomic E-state index is 14.9. The van der Waals surface area contributed by atoms with E-state index in [2.05, 4.69) is 11.9 Å². The van der Waals surface area contributed by atoms with Crippen LogP contribution in [0, 0.1) is 5.82 Å². The van der Waals surface area contributed by atoms with Crippen molar-refractivity contribution in [1.82, 2.24) is 4.98 Å². The first kappa shape index (κ1) is 22.6. The van der Waals surface area contributed by atoms with Crippen LogP contribution < -0.4 is 9.05 Å². The van der Waals surface area contributed by atoms with Gasteiger partial charge in [-0.2, -0.15) is 0 Å². The number of benzene rings is 3. The lowest BCUT2D eigenvalue weighted by Crippen LogP contribution is -2.00. The van der Waals surface area contributed by atoms with Gasteiger partial charge in [-0.15, -0.1) is 0 Å². The molecule has 1 unspecified atom stereocenters. The van der Waals surface area contributed by atoms with E-state index in [0.29, 0.717) is 22.4 Å². The summed E-state index contributed by atoms with van der Waals surface area (Å²) >= 11 is 1.12. The van der Waals surface area contributed by atoms with Crippen LogP contribution in [0.15, 0.2) is 66.7 Å². The number of aryl methyl sites for hydroxylation is 1. The number of nitrogens with zero attached hydrogens (tertiary/aromatic N) is 1. The largest absolute Gasteiger partial charge is 0.492 e. The molecule has 0 radical (unpaired) electrons. The van der Waals surface area contributed by atoms with Crippen LogP contribution in [0.25, 0.3) is 21.8 Å². The second-order valence-electron chi connectivity index (χ2n) is 7.52. The Kier molecular flexibility index (Phi) is 7.02. The third-order valence-corrected chi connectivity index (χ3v) is 8.59. The van der Waals surface area contributed by atoms with Gasteiger partial charge >= 0.3 is 6.80 Å². The maximum Gasteiger partial charge on any atom is 0.492 e. The minimum absolute atomic E-state index is 0.156. The molecule has 0 aliphatic carbocycles. The molecule has 4 rings (SSSR count). The second-order valence-corrected chi connectivity index (χ2v) is 11.6. The van der Waals surface area contributed by atoms with Crippen LogP contribution in [-0.4, -0.2) is 10.7 Å². The Balaban J connectivity index is 1.67. The van der Waals surface area contributed by atoms with E-state index in [1.807, 2.05) is 55.5 Å². The fraction of sp³-hybridized carbons (Fsp3) is 0.240. The fourth-order valence-corrected chi connectivity index (χ4v) is 6.79. The molecule has 0 saturated carbocycles. The summed E-state index contributed by atoms with van der Waals surface area (Å²) in [5.41, 5.74) is 2.07. The molecule has 0 aliphatic heterocycles. The molecule has 0 saturated heterocycles. The van der Waals surface area contributed by atoms with Crippen molar-refractivity contribution in [2.45, 2.75) is 33.1 Å². The van der Waals surface area contributed by atoms with Gasteiger partial charge in [0.05, 0.1) is 5.52 Å². The van der Waals surface area contributed by atoms with E-state index >= 15 is 0 Å². The molecule has 0 spiro atoms. The van der Waals surface area contributed by atoms with E-state index in [0.717, 1.165) is 41.6 Å². The van der Waals surface area contributed by atoms with E-state index in [9.17, 15) is 8.96 Å². The molecule has 0 bridgehead atoms. The van der Waals surface area contributed by atoms with Crippen LogP contribution in [0.1, 0.15) is 32.3 Å². The van der Waals surface area contributed by atoms with Crippen LogP contribution in [0.4, 0.5) is 4.39 Å². The predicted molar refractivity (Wildman–Crippen MR) is 131 cm³/mol. The summed E-state index contributed by atoms with van der Waals surface area (Å²) in [6.07, 6.45) is 2.71. The zero-order valence-electron chi connectivity index (χ0n) is 18.1. The number of hydrogen-bond donors (Lipinski definition) is 0. The molecular weight excluding hydrogens is 444 g/mol. The van der Waals surface area contributed by atoms with Crippen LogP contribution in [0.3, 0.4) is 0 Å². The van der Waals surface area contributed by atoms with Gasteiger partial charge in [-0.3, -0.25) is 0 Å². The third kappa shape index (κ3) is 5.25. The molecule has 3 aromatic carbocycles. The van der Waals surface area contributed by atoms with Crippen molar-refractivity contribution in [2.75, 3.05) is 5.75 Å². The van der Waals surface area contributed by atoms with Gasteiger partial charge in [0.1, 0.15) is 17.0 Å². The summed E-state index contributed by atoms with van der Waals surface area (Å²) in [7, 11) is 0. The number of halogens is 1. The average molecular weight is 470 g/mol. The van der Waals surface area contributed by atoms with E-state index in [4.69, 9.17) is 9.05 Å². The Hall–Kier alpha value is -2.56.